The van der Waals surface area contributed by atoms with E-state index in [-0.39, 0.29) is 11.8 Å². The number of nitrogens with one attached hydrogen (secondary N) is 2. The Kier molecular flexibility index (Phi) is 4.93. The molecule has 8 nitrogen and oxygen atoms in total. The van der Waals surface area contributed by atoms with Gasteiger partial charge in [0.1, 0.15) is 5.82 Å². The fourth-order valence-corrected chi connectivity index (χ4v) is 2.69. The molecule has 3 rings (SSSR count). The quantitative estimate of drug-likeness (QED) is 0.731. The van der Waals surface area contributed by atoms with E-state index in [0.29, 0.717) is 44.5 Å². The summed E-state index contributed by atoms with van der Waals surface area (Å²) in [6.45, 7) is 1.62. The second kappa shape index (κ2) is 7.30. The van der Waals surface area contributed by atoms with Crippen molar-refractivity contribution < 1.29 is 9.59 Å². The number of piperazine rings is 1. The molecule has 1 fully saturated rings. The predicted molar refractivity (Wildman–Crippen MR) is 93.0 cm³/mol. The summed E-state index contributed by atoms with van der Waals surface area (Å²) in [6.07, 6.45) is 9.03. The van der Waals surface area contributed by atoms with Crippen LogP contribution in [0.5, 0.6) is 0 Å². The van der Waals surface area contributed by atoms with Gasteiger partial charge in [-0.15, -0.1) is 12.3 Å². The minimum Gasteiger partial charge on any atom is -0.353 e. The van der Waals surface area contributed by atoms with Crippen molar-refractivity contribution >= 4 is 23.3 Å². The molecule has 1 aromatic rings. The highest BCUT2D eigenvalue weighted by Gasteiger charge is 2.39. The molecule has 1 aromatic heterocycles. The average Bonchev–Trinajstić information content (AvgIpc) is 3.39. The third kappa shape index (κ3) is 4.53. The number of nitrogens with zero attached hydrogens (tertiary/aromatic N) is 4. The van der Waals surface area contributed by atoms with E-state index in [4.69, 9.17) is 6.42 Å². The Balaban J connectivity index is 1.47. The van der Waals surface area contributed by atoms with E-state index in [1.807, 2.05) is 4.90 Å². The fourth-order valence-electron chi connectivity index (χ4n) is 2.69. The highest BCUT2D eigenvalue weighted by atomic mass is 16.2. The molecular formula is C17H20N6O2. The molecule has 3 heterocycles. The molecule has 0 unspecified atom stereocenters. The molecule has 8 heteroatoms. The van der Waals surface area contributed by atoms with Gasteiger partial charge in [0.15, 0.2) is 5.66 Å². The Labute approximate surface area is 146 Å². The molecule has 0 atom stereocenters. The SMILES string of the molecule is C#CCCC1(CCC(=O)Nc2ccc(N3CCNC(=O)C3)nc2)N=N1. The molecule has 25 heavy (non-hydrogen) atoms. The summed E-state index contributed by atoms with van der Waals surface area (Å²) < 4.78 is 0. The van der Waals surface area contributed by atoms with Crippen LogP contribution in [0, 0.1) is 12.3 Å². The summed E-state index contributed by atoms with van der Waals surface area (Å²) in [5, 5.41) is 13.6. The molecule has 0 saturated carbocycles. The lowest BCUT2D eigenvalue weighted by Gasteiger charge is -2.27. The van der Waals surface area contributed by atoms with Crippen LogP contribution in [0.1, 0.15) is 25.7 Å². The molecule has 0 bridgehead atoms. The maximum atomic E-state index is 12.1. The third-order valence-electron chi connectivity index (χ3n) is 4.20. The standard InChI is InChI=1S/C17H20N6O2/c1-2-3-7-17(21-22-17)8-6-15(24)20-13-4-5-14(19-11-13)23-10-9-18-16(25)12-23/h1,4-5,11H,3,6-10,12H2,(H,18,25)(H,20,24). The first-order chi connectivity index (χ1) is 12.1. The number of pyridine rings is 1. The van der Waals surface area contributed by atoms with Gasteiger partial charge in [0.2, 0.25) is 11.8 Å². The lowest BCUT2D eigenvalue weighted by molar-refractivity contribution is -0.120. The van der Waals surface area contributed by atoms with Gasteiger partial charge < -0.3 is 15.5 Å². The van der Waals surface area contributed by atoms with Gasteiger partial charge in [-0.25, -0.2) is 4.98 Å². The van der Waals surface area contributed by atoms with E-state index in [0.717, 1.165) is 12.4 Å². The molecule has 2 aliphatic rings. The molecule has 0 radical (unpaired) electrons. The number of rotatable bonds is 7. The van der Waals surface area contributed by atoms with Crippen molar-refractivity contribution in [1.29, 1.82) is 0 Å². The van der Waals surface area contributed by atoms with Crippen molar-refractivity contribution in [3.63, 3.8) is 0 Å². The van der Waals surface area contributed by atoms with E-state index >= 15 is 0 Å². The lowest BCUT2D eigenvalue weighted by Crippen LogP contribution is -2.48. The Morgan fingerprint density at radius 1 is 1.40 bits per heavy atom. The van der Waals surface area contributed by atoms with Crippen LogP contribution in [0.3, 0.4) is 0 Å². The summed E-state index contributed by atoms with van der Waals surface area (Å²) in [5.74, 6) is 3.17. The van der Waals surface area contributed by atoms with E-state index in [2.05, 4.69) is 31.8 Å². The van der Waals surface area contributed by atoms with Gasteiger partial charge in [0.25, 0.3) is 0 Å². The maximum Gasteiger partial charge on any atom is 0.239 e. The van der Waals surface area contributed by atoms with Gasteiger partial charge in [-0.1, -0.05) is 0 Å². The molecule has 1 saturated heterocycles. The molecular weight excluding hydrogens is 320 g/mol. The van der Waals surface area contributed by atoms with Crippen LogP contribution in [0.15, 0.2) is 28.6 Å². The zero-order chi connectivity index (χ0) is 17.7. The summed E-state index contributed by atoms with van der Waals surface area (Å²) in [6, 6.07) is 3.58. The van der Waals surface area contributed by atoms with Crippen LogP contribution in [0.25, 0.3) is 0 Å². The number of hydrogen-bond donors (Lipinski definition) is 2. The minimum absolute atomic E-state index is 0.0138. The Hall–Kier alpha value is -2.95. The van der Waals surface area contributed by atoms with Gasteiger partial charge in [-0.3, -0.25) is 9.59 Å². The van der Waals surface area contributed by atoms with Crippen LogP contribution in [0.2, 0.25) is 0 Å². The number of anilines is 2. The monoisotopic (exact) mass is 340 g/mol. The van der Waals surface area contributed by atoms with Crippen molar-refractivity contribution in [2.75, 3.05) is 29.9 Å². The summed E-state index contributed by atoms with van der Waals surface area (Å²) in [4.78, 5) is 29.7. The van der Waals surface area contributed by atoms with Gasteiger partial charge >= 0.3 is 0 Å². The third-order valence-corrected chi connectivity index (χ3v) is 4.20. The molecule has 130 valence electrons. The van der Waals surface area contributed by atoms with Crippen molar-refractivity contribution in [2.45, 2.75) is 31.3 Å². The Bertz CT molecular complexity index is 716. The number of hydrogen-bond acceptors (Lipinski definition) is 6. The smallest absolute Gasteiger partial charge is 0.239 e. The van der Waals surface area contributed by atoms with Crippen molar-refractivity contribution in [2.24, 2.45) is 10.2 Å². The zero-order valence-corrected chi connectivity index (χ0v) is 13.9. The molecule has 0 aliphatic carbocycles. The van der Waals surface area contributed by atoms with Gasteiger partial charge in [0.05, 0.1) is 18.4 Å². The van der Waals surface area contributed by atoms with Crippen molar-refractivity contribution in [3.8, 4) is 12.3 Å². The molecule has 0 aromatic carbocycles. The minimum atomic E-state index is -0.444. The maximum absolute atomic E-state index is 12.1. The number of amides is 2. The second-order valence-corrected chi connectivity index (χ2v) is 6.11. The van der Waals surface area contributed by atoms with Crippen molar-refractivity contribution in [1.82, 2.24) is 10.3 Å². The van der Waals surface area contributed by atoms with Crippen LogP contribution in [0.4, 0.5) is 11.5 Å². The topological polar surface area (TPSA) is 99.1 Å². The van der Waals surface area contributed by atoms with Crippen LogP contribution < -0.4 is 15.5 Å². The van der Waals surface area contributed by atoms with E-state index in [1.165, 1.54) is 0 Å². The normalized spacial score (nSPS) is 17.6. The van der Waals surface area contributed by atoms with E-state index in [9.17, 15) is 9.59 Å². The predicted octanol–water partition coefficient (Wildman–Crippen LogP) is 1.31. The molecule has 0 spiro atoms. The van der Waals surface area contributed by atoms with Crippen LogP contribution in [-0.4, -0.2) is 42.1 Å². The van der Waals surface area contributed by atoms with E-state index < -0.39 is 5.66 Å². The summed E-state index contributed by atoms with van der Waals surface area (Å²) in [5.41, 5.74) is 0.179. The first-order valence-electron chi connectivity index (χ1n) is 8.25. The Morgan fingerprint density at radius 2 is 2.24 bits per heavy atom. The van der Waals surface area contributed by atoms with Gasteiger partial charge in [-0.2, -0.15) is 10.2 Å². The second-order valence-electron chi connectivity index (χ2n) is 6.11. The molecule has 2 amide bonds. The number of aromatic nitrogens is 1. The van der Waals surface area contributed by atoms with Gasteiger partial charge in [-0.05, 0) is 12.1 Å². The molecule has 2 N–H and O–H groups in total. The highest BCUT2D eigenvalue weighted by molar-refractivity contribution is 5.90. The van der Waals surface area contributed by atoms with Gasteiger partial charge in [0, 0.05) is 38.8 Å². The largest absolute Gasteiger partial charge is 0.353 e. The van der Waals surface area contributed by atoms with Crippen molar-refractivity contribution in [3.05, 3.63) is 18.3 Å². The zero-order valence-electron chi connectivity index (χ0n) is 13.9. The fraction of sp³-hybridized carbons (Fsp3) is 0.471. The summed E-state index contributed by atoms with van der Waals surface area (Å²) >= 11 is 0. The number of terminal acetylenes is 1. The first-order valence-corrected chi connectivity index (χ1v) is 8.25. The highest BCUT2D eigenvalue weighted by Crippen LogP contribution is 2.37. The summed E-state index contributed by atoms with van der Waals surface area (Å²) in [7, 11) is 0. The number of carbonyl (C=O) groups is 2. The van der Waals surface area contributed by atoms with Crippen LogP contribution in [-0.2, 0) is 9.59 Å². The molecule has 2 aliphatic heterocycles. The lowest BCUT2D eigenvalue weighted by atomic mass is 10.0. The first kappa shape index (κ1) is 16.9. The van der Waals surface area contributed by atoms with Crippen LogP contribution >= 0.6 is 0 Å². The number of carbonyl (C=O) groups excluding carboxylic acids is 2. The Morgan fingerprint density at radius 3 is 2.88 bits per heavy atom. The van der Waals surface area contributed by atoms with E-state index in [1.54, 1.807) is 18.3 Å². The average molecular weight is 340 g/mol.